The molecule has 2 nitrogen and oxygen atoms in total. The van der Waals surface area contributed by atoms with E-state index in [9.17, 15) is 4.79 Å². The van der Waals surface area contributed by atoms with Crippen LogP contribution in [0.2, 0.25) is 0 Å². The Morgan fingerprint density at radius 2 is 2.00 bits per heavy atom. The van der Waals surface area contributed by atoms with Gasteiger partial charge in [-0.3, -0.25) is 4.79 Å². The van der Waals surface area contributed by atoms with Crippen LogP contribution in [-0.2, 0) is 6.42 Å². The SMILES string of the molecule is C#CCCCc1ccc(C(N)=O)cc1. The van der Waals surface area contributed by atoms with Gasteiger partial charge < -0.3 is 5.73 Å². The number of carbonyl (C=O) groups is 1. The number of rotatable bonds is 4. The Labute approximate surface area is 84.1 Å². The summed E-state index contributed by atoms with van der Waals surface area (Å²) in [5.74, 6) is 2.20. The van der Waals surface area contributed by atoms with Gasteiger partial charge in [0.2, 0.25) is 5.91 Å². The summed E-state index contributed by atoms with van der Waals surface area (Å²) in [7, 11) is 0. The summed E-state index contributed by atoms with van der Waals surface area (Å²) >= 11 is 0. The molecule has 0 fully saturated rings. The Morgan fingerprint density at radius 3 is 2.50 bits per heavy atom. The van der Waals surface area contributed by atoms with E-state index in [0.29, 0.717) is 5.56 Å². The van der Waals surface area contributed by atoms with Crippen LogP contribution in [0.1, 0.15) is 28.8 Å². The summed E-state index contributed by atoms with van der Waals surface area (Å²) in [6.07, 6.45) is 7.86. The number of unbranched alkanes of at least 4 members (excludes halogenated alkanes) is 1. The lowest BCUT2D eigenvalue weighted by Gasteiger charge is -2.00. The molecule has 0 aliphatic carbocycles. The topological polar surface area (TPSA) is 43.1 Å². The average Bonchev–Trinajstić information content (AvgIpc) is 2.19. The van der Waals surface area contributed by atoms with E-state index in [2.05, 4.69) is 5.92 Å². The fraction of sp³-hybridized carbons (Fsp3) is 0.250. The fourth-order valence-electron chi connectivity index (χ4n) is 1.23. The number of amides is 1. The second kappa shape index (κ2) is 5.08. The van der Waals surface area contributed by atoms with E-state index in [1.807, 2.05) is 12.1 Å². The molecule has 0 aromatic heterocycles. The molecule has 1 amide bonds. The van der Waals surface area contributed by atoms with Gasteiger partial charge in [0.25, 0.3) is 0 Å². The molecule has 14 heavy (non-hydrogen) atoms. The first-order valence-corrected chi connectivity index (χ1v) is 4.56. The summed E-state index contributed by atoms with van der Waals surface area (Å²) in [5, 5.41) is 0. The van der Waals surface area contributed by atoms with Crippen LogP contribution < -0.4 is 5.73 Å². The highest BCUT2D eigenvalue weighted by Crippen LogP contribution is 2.07. The monoisotopic (exact) mass is 187 g/mol. The third kappa shape index (κ3) is 2.95. The molecule has 0 aliphatic heterocycles. The van der Waals surface area contributed by atoms with Gasteiger partial charge in [0.1, 0.15) is 0 Å². The Kier molecular flexibility index (Phi) is 3.75. The Bertz CT molecular complexity index is 346. The quantitative estimate of drug-likeness (QED) is 0.566. The van der Waals surface area contributed by atoms with Crippen LogP contribution >= 0.6 is 0 Å². The van der Waals surface area contributed by atoms with Crippen molar-refractivity contribution in [3.05, 3.63) is 35.4 Å². The zero-order valence-electron chi connectivity index (χ0n) is 7.99. The van der Waals surface area contributed by atoms with Crippen LogP contribution in [-0.4, -0.2) is 5.91 Å². The number of benzene rings is 1. The smallest absolute Gasteiger partial charge is 0.248 e. The average molecular weight is 187 g/mol. The molecule has 72 valence electrons. The second-order valence-corrected chi connectivity index (χ2v) is 3.12. The summed E-state index contributed by atoms with van der Waals surface area (Å²) < 4.78 is 0. The first kappa shape index (κ1) is 10.3. The van der Waals surface area contributed by atoms with Crippen LogP contribution in [0.3, 0.4) is 0 Å². The van der Waals surface area contributed by atoms with Gasteiger partial charge >= 0.3 is 0 Å². The van der Waals surface area contributed by atoms with E-state index in [4.69, 9.17) is 12.2 Å². The van der Waals surface area contributed by atoms with Gasteiger partial charge in [0, 0.05) is 12.0 Å². The lowest BCUT2D eigenvalue weighted by molar-refractivity contribution is 0.100. The molecular weight excluding hydrogens is 174 g/mol. The van der Waals surface area contributed by atoms with Crippen molar-refractivity contribution in [2.45, 2.75) is 19.3 Å². The largest absolute Gasteiger partial charge is 0.366 e. The standard InChI is InChI=1S/C12H13NO/c1-2-3-4-5-10-6-8-11(9-7-10)12(13)14/h1,6-9H,3-5H2,(H2,13,14). The maximum Gasteiger partial charge on any atom is 0.248 e. The Balaban J connectivity index is 2.56. The molecule has 0 unspecified atom stereocenters. The fourth-order valence-corrected chi connectivity index (χ4v) is 1.23. The van der Waals surface area contributed by atoms with Crippen molar-refractivity contribution in [3.63, 3.8) is 0 Å². The number of aryl methyl sites for hydroxylation is 1. The molecular formula is C12H13NO. The summed E-state index contributed by atoms with van der Waals surface area (Å²) in [4.78, 5) is 10.8. The zero-order valence-corrected chi connectivity index (χ0v) is 7.99. The van der Waals surface area contributed by atoms with Crippen molar-refractivity contribution in [3.8, 4) is 12.3 Å². The molecule has 1 rings (SSSR count). The summed E-state index contributed by atoms with van der Waals surface area (Å²) in [6.45, 7) is 0. The molecule has 1 aromatic carbocycles. The first-order valence-electron chi connectivity index (χ1n) is 4.56. The molecule has 0 bridgehead atoms. The molecule has 0 heterocycles. The van der Waals surface area contributed by atoms with Crippen LogP contribution in [0, 0.1) is 12.3 Å². The van der Waals surface area contributed by atoms with Crippen molar-refractivity contribution in [2.75, 3.05) is 0 Å². The van der Waals surface area contributed by atoms with Gasteiger partial charge in [-0.1, -0.05) is 12.1 Å². The number of terminal acetylenes is 1. The number of primary amides is 1. The van der Waals surface area contributed by atoms with Crippen molar-refractivity contribution in [1.29, 1.82) is 0 Å². The molecule has 0 aliphatic rings. The third-order valence-electron chi connectivity index (χ3n) is 2.03. The second-order valence-electron chi connectivity index (χ2n) is 3.12. The van der Waals surface area contributed by atoms with Crippen molar-refractivity contribution >= 4 is 5.91 Å². The Hall–Kier alpha value is -1.75. The lowest BCUT2D eigenvalue weighted by Crippen LogP contribution is -2.10. The van der Waals surface area contributed by atoms with Gasteiger partial charge in [0.15, 0.2) is 0 Å². The number of hydrogen-bond donors (Lipinski definition) is 1. The van der Waals surface area contributed by atoms with E-state index in [0.717, 1.165) is 19.3 Å². The summed E-state index contributed by atoms with van der Waals surface area (Å²) in [6, 6.07) is 7.31. The maximum absolute atomic E-state index is 10.8. The highest BCUT2D eigenvalue weighted by molar-refractivity contribution is 5.92. The van der Waals surface area contributed by atoms with Crippen molar-refractivity contribution in [2.24, 2.45) is 5.73 Å². The van der Waals surface area contributed by atoms with Gasteiger partial charge in [0.05, 0.1) is 0 Å². The maximum atomic E-state index is 10.8. The minimum absolute atomic E-state index is 0.389. The summed E-state index contributed by atoms with van der Waals surface area (Å²) in [5.41, 5.74) is 6.85. The predicted octanol–water partition coefficient (Wildman–Crippen LogP) is 1.74. The minimum atomic E-state index is -0.389. The number of carbonyl (C=O) groups excluding carboxylic acids is 1. The number of hydrogen-bond acceptors (Lipinski definition) is 1. The van der Waals surface area contributed by atoms with Crippen LogP contribution in [0.5, 0.6) is 0 Å². The van der Waals surface area contributed by atoms with E-state index < -0.39 is 0 Å². The van der Waals surface area contributed by atoms with E-state index in [1.54, 1.807) is 12.1 Å². The van der Waals surface area contributed by atoms with Crippen LogP contribution in [0.15, 0.2) is 24.3 Å². The zero-order chi connectivity index (χ0) is 10.4. The number of nitrogens with two attached hydrogens (primary N) is 1. The first-order chi connectivity index (χ1) is 6.74. The molecule has 2 heteroatoms. The molecule has 0 saturated carbocycles. The molecule has 1 aromatic rings. The van der Waals surface area contributed by atoms with Crippen LogP contribution in [0.25, 0.3) is 0 Å². The molecule has 0 spiro atoms. The molecule has 2 N–H and O–H groups in total. The van der Waals surface area contributed by atoms with E-state index >= 15 is 0 Å². The van der Waals surface area contributed by atoms with E-state index in [1.165, 1.54) is 5.56 Å². The van der Waals surface area contributed by atoms with Gasteiger partial charge in [-0.2, -0.15) is 0 Å². The molecule has 0 radical (unpaired) electrons. The van der Waals surface area contributed by atoms with Crippen molar-refractivity contribution < 1.29 is 4.79 Å². The minimum Gasteiger partial charge on any atom is -0.366 e. The van der Waals surface area contributed by atoms with E-state index in [-0.39, 0.29) is 5.91 Å². The highest BCUT2D eigenvalue weighted by atomic mass is 16.1. The predicted molar refractivity (Wildman–Crippen MR) is 56.7 cm³/mol. The third-order valence-corrected chi connectivity index (χ3v) is 2.03. The molecule has 0 atom stereocenters. The normalized spacial score (nSPS) is 9.36. The van der Waals surface area contributed by atoms with Gasteiger partial charge in [-0.15, -0.1) is 12.3 Å². The van der Waals surface area contributed by atoms with Gasteiger partial charge in [-0.25, -0.2) is 0 Å². The van der Waals surface area contributed by atoms with Crippen molar-refractivity contribution in [1.82, 2.24) is 0 Å². The van der Waals surface area contributed by atoms with Crippen LogP contribution in [0.4, 0.5) is 0 Å². The highest BCUT2D eigenvalue weighted by Gasteiger charge is 1.98. The lowest BCUT2D eigenvalue weighted by atomic mass is 10.1. The molecule has 0 saturated heterocycles. The van der Waals surface area contributed by atoms with Gasteiger partial charge in [-0.05, 0) is 30.5 Å². The Morgan fingerprint density at radius 1 is 1.36 bits per heavy atom.